The highest BCUT2D eigenvalue weighted by Gasteiger charge is 2.30. The van der Waals surface area contributed by atoms with Gasteiger partial charge in [-0.2, -0.15) is 13.2 Å². The molecule has 0 radical (unpaired) electrons. The topological polar surface area (TPSA) is 0 Å². The molecule has 0 saturated heterocycles. The van der Waals surface area contributed by atoms with Crippen LogP contribution in [0.25, 0.3) is 0 Å². The summed E-state index contributed by atoms with van der Waals surface area (Å²) in [5, 5.41) is 0. The van der Waals surface area contributed by atoms with Crippen LogP contribution in [0.4, 0.5) is 13.2 Å². The molecule has 3 heteroatoms. The third-order valence-corrected chi connectivity index (χ3v) is 6.07. The van der Waals surface area contributed by atoms with Gasteiger partial charge < -0.3 is 0 Å². The second-order valence-electron chi connectivity index (χ2n) is 7.83. The third-order valence-electron chi connectivity index (χ3n) is 6.07. The van der Waals surface area contributed by atoms with Crippen LogP contribution in [0.3, 0.4) is 0 Å². The van der Waals surface area contributed by atoms with Gasteiger partial charge in [0.2, 0.25) is 0 Å². The molecule has 2 rings (SSSR count). The Bertz CT molecular complexity index is 342. The third kappa shape index (κ3) is 6.89. The van der Waals surface area contributed by atoms with E-state index >= 15 is 0 Å². The lowest BCUT2D eigenvalue weighted by atomic mass is 9.68. The van der Waals surface area contributed by atoms with Gasteiger partial charge in [0.25, 0.3) is 0 Å². The van der Waals surface area contributed by atoms with E-state index < -0.39 is 12.6 Å². The molecule has 23 heavy (non-hydrogen) atoms. The summed E-state index contributed by atoms with van der Waals surface area (Å²) in [7, 11) is 0. The monoisotopic (exact) mass is 330 g/mol. The van der Waals surface area contributed by atoms with Gasteiger partial charge in [-0.05, 0) is 68.6 Å². The molecule has 2 aliphatic rings. The van der Waals surface area contributed by atoms with E-state index in [9.17, 15) is 13.2 Å². The van der Waals surface area contributed by atoms with Crippen LogP contribution in [0.2, 0.25) is 0 Å². The molecule has 0 heterocycles. The molecule has 0 nitrogen and oxygen atoms in total. The standard InChI is InChI=1S/C20H33F3/c1-2-5-16-7-11-18(12-8-16)19-13-9-17(10-14-19)6-3-4-15-20(21,22)23/h3,6,16-19H,2,4-5,7-15H2,1H3/t16-,17-,18-,19-. The number of halogens is 3. The van der Waals surface area contributed by atoms with Gasteiger partial charge in [0.1, 0.15) is 0 Å². The highest BCUT2D eigenvalue weighted by molar-refractivity contribution is 4.92. The average Bonchev–Trinajstić information content (AvgIpc) is 2.52. The highest BCUT2D eigenvalue weighted by Crippen LogP contribution is 2.42. The summed E-state index contributed by atoms with van der Waals surface area (Å²) in [5.41, 5.74) is 0. The molecule has 0 aliphatic heterocycles. The molecule has 0 aromatic heterocycles. The Kier molecular flexibility index (Phi) is 7.49. The fourth-order valence-corrected chi connectivity index (χ4v) is 4.70. The van der Waals surface area contributed by atoms with Crippen molar-refractivity contribution in [2.75, 3.05) is 0 Å². The van der Waals surface area contributed by atoms with E-state index in [1.165, 1.54) is 64.2 Å². The van der Waals surface area contributed by atoms with Crippen molar-refractivity contribution < 1.29 is 13.2 Å². The number of allylic oxidation sites excluding steroid dienone is 2. The summed E-state index contributed by atoms with van der Waals surface area (Å²) in [6.07, 6.45) is 12.6. The van der Waals surface area contributed by atoms with E-state index in [1.54, 1.807) is 6.08 Å². The zero-order chi connectivity index (χ0) is 16.7. The van der Waals surface area contributed by atoms with Crippen molar-refractivity contribution in [2.45, 2.75) is 90.1 Å². The zero-order valence-electron chi connectivity index (χ0n) is 14.6. The van der Waals surface area contributed by atoms with E-state index in [1.807, 2.05) is 0 Å². The van der Waals surface area contributed by atoms with Gasteiger partial charge in [-0.15, -0.1) is 0 Å². The van der Waals surface area contributed by atoms with Gasteiger partial charge in [-0.25, -0.2) is 0 Å². The normalized spacial score (nSPS) is 33.2. The molecule has 0 bridgehead atoms. The van der Waals surface area contributed by atoms with Crippen molar-refractivity contribution in [1.82, 2.24) is 0 Å². The summed E-state index contributed by atoms with van der Waals surface area (Å²) >= 11 is 0. The Morgan fingerprint density at radius 3 is 1.96 bits per heavy atom. The Balaban J connectivity index is 1.63. The minimum absolute atomic E-state index is 0.144. The van der Waals surface area contributed by atoms with Crippen molar-refractivity contribution in [1.29, 1.82) is 0 Å². The molecular formula is C20H33F3. The molecule has 0 aromatic rings. The van der Waals surface area contributed by atoms with E-state index in [0.29, 0.717) is 5.92 Å². The number of rotatable bonds is 6. The van der Waals surface area contributed by atoms with Gasteiger partial charge >= 0.3 is 6.18 Å². The van der Waals surface area contributed by atoms with Crippen molar-refractivity contribution in [3.8, 4) is 0 Å². The second kappa shape index (κ2) is 9.13. The molecular weight excluding hydrogens is 297 g/mol. The minimum Gasteiger partial charge on any atom is -0.171 e. The molecule has 2 fully saturated rings. The molecule has 2 aliphatic carbocycles. The average molecular weight is 330 g/mol. The van der Waals surface area contributed by atoms with Crippen molar-refractivity contribution >= 4 is 0 Å². The maximum atomic E-state index is 12.1. The lowest BCUT2D eigenvalue weighted by molar-refractivity contribution is -0.133. The second-order valence-corrected chi connectivity index (χ2v) is 7.83. The minimum atomic E-state index is -4.02. The Morgan fingerprint density at radius 1 is 0.870 bits per heavy atom. The summed E-state index contributed by atoms with van der Waals surface area (Å²) in [4.78, 5) is 0. The Hall–Kier alpha value is -0.470. The van der Waals surface area contributed by atoms with Gasteiger partial charge in [0.05, 0.1) is 0 Å². The summed E-state index contributed by atoms with van der Waals surface area (Å²) < 4.78 is 36.4. The zero-order valence-corrected chi connectivity index (χ0v) is 14.6. The van der Waals surface area contributed by atoms with Crippen LogP contribution in [0.1, 0.15) is 84.0 Å². The molecule has 0 unspecified atom stereocenters. The van der Waals surface area contributed by atoms with Crippen LogP contribution in [-0.2, 0) is 0 Å². The van der Waals surface area contributed by atoms with Gasteiger partial charge in [0.15, 0.2) is 0 Å². The number of hydrogen-bond acceptors (Lipinski definition) is 0. The Morgan fingerprint density at radius 2 is 1.43 bits per heavy atom. The molecule has 0 spiro atoms. The molecule has 0 aromatic carbocycles. The van der Waals surface area contributed by atoms with Gasteiger partial charge in [0, 0.05) is 6.42 Å². The number of alkyl halides is 3. The predicted molar refractivity (Wildman–Crippen MR) is 90.2 cm³/mol. The van der Waals surface area contributed by atoms with Gasteiger partial charge in [-0.3, -0.25) is 0 Å². The maximum Gasteiger partial charge on any atom is 0.389 e. The van der Waals surface area contributed by atoms with Crippen LogP contribution >= 0.6 is 0 Å². The van der Waals surface area contributed by atoms with Crippen LogP contribution < -0.4 is 0 Å². The first kappa shape index (κ1) is 18.9. The molecule has 0 amide bonds. The number of hydrogen-bond donors (Lipinski definition) is 0. The fourth-order valence-electron chi connectivity index (χ4n) is 4.70. The first-order valence-electron chi connectivity index (χ1n) is 9.71. The van der Waals surface area contributed by atoms with E-state index in [0.717, 1.165) is 17.8 Å². The van der Waals surface area contributed by atoms with Crippen molar-refractivity contribution in [3.05, 3.63) is 12.2 Å². The summed E-state index contributed by atoms with van der Waals surface area (Å²) in [6.45, 7) is 2.29. The SMILES string of the molecule is CCC[C@H]1CC[C@H]([C@H]2CC[C@H](C=CCCC(F)(F)F)CC2)CC1. The lowest BCUT2D eigenvalue weighted by Gasteiger charge is -2.37. The van der Waals surface area contributed by atoms with Crippen LogP contribution in [0, 0.1) is 23.7 Å². The molecule has 0 N–H and O–H groups in total. The molecule has 134 valence electrons. The smallest absolute Gasteiger partial charge is 0.171 e. The van der Waals surface area contributed by atoms with Crippen LogP contribution in [0.15, 0.2) is 12.2 Å². The van der Waals surface area contributed by atoms with E-state index in [-0.39, 0.29) is 6.42 Å². The first-order valence-corrected chi connectivity index (χ1v) is 9.71. The van der Waals surface area contributed by atoms with Crippen molar-refractivity contribution in [3.63, 3.8) is 0 Å². The fraction of sp³-hybridized carbons (Fsp3) is 0.900. The quantitative estimate of drug-likeness (QED) is 0.448. The van der Waals surface area contributed by atoms with E-state index in [4.69, 9.17) is 0 Å². The predicted octanol–water partition coefficient (Wildman–Crippen LogP) is 7.30. The largest absolute Gasteiger partial charge is 0.389 e. The highest BCUT2D eigenvalue weighted by atomic mass is 19.4. The van der Waals surface area contributed by atoms with E-state index in [2.05, 4.69) is 13.0 Å². The maximum absolute atomic E-state index is 12.1. The molecule has 2 saturated carbocycles. The summed E-state index contributed by atoms with van der Waals surface area (Å²) in [6, 6.07) is 0. The molecule has 0 atom stereocenters. The van der Waals surface area contributed by atoms with Crippen LogP contribution in [-0.4, -0.2) is 6.18 Å². The van der Waals surface area contributed by atoms with Gasteiger partial charge in [-0.1, -0.05) is 44.8 Å². The summed E-state index contributed by atoms with van der Waals surface area (Å²) in [5.74, 6) is 3.32. The van der Waals surface area contributed by atoms with Crippen LogP contribution in [0.5, 0.6) is 0 Å². The van der Waals surface area contributed by atoms with Crippen molar-refractivity contribution in [2.24, 2.45) is 23.7 Å². The lowest BCUT2D eigenvalue weighted by Crippen LogP contribution is -2.25. The first-order chi connectivity index (χ1) is 11.0. The Labute approximate surface area is 139 Å².